The van der Waals surface area contributed by atoms with Crippen LogP contribution in [0.1, 0.15) is 133 Å². The molecule has 2 aliphatic heterocycles. The zero-order valence-corrected chi connectivity index (χ0v) is 42.5. The van der Waals surface area contributed by atoms with Crippen molar-refractivity contribution >= 4 is 0 Å². The van der Waals surface area contributed by atoms with E-state index < -0.39 is 0 Å². The summed E-state index contributed by atoms with van der Waals surface area (Å²) >= 11 is 0. The number of aryl methyl sites for hydroxylation is 6. The van der Waals surface area contributed by atoms with Gasteiger partial charge in [0.1, 0.15) is 45.9 Å². The minimum Gasteiger partial charge on any atom is -0.496 e. The average molecular weight is 945 g/mol. The van der Waals surface area contributed by atoms with E-state index >= 15 is 0 Å². The first-order valence-corrected chi connectivity index (χ1v) is 24.2. The van der Waals surface area contributed by atoms with E-state index in [0.29, 0.717) is 46.6 Å². The third-order valence-electron chi connectivity index (χ3n) is 13.5. The number of methoxy groups -OCH3 is 4. The standard InChI is InChI=1S/2C27H32N6O2/c2*1-16(2)20-13-21(17(3)12-24(20)34-5)19-8-7-11-33-26(19)30-25(31-33)22-9-10-23(27(29-22)35-6)32-14-18(4)28-15-32/h2*9-10,12-16,19H,7-8,11H2,1-6H3/t2*19-/m10/s1. The predicted octanol–water partition coefficient (Wildman–Crippen LogP) is 10.4. The molecule has 0 aliphatic carbocycles. The van der Waals surface area contributed by atoms with Gasteiger partial charge in [0.05, 0.1) is 52.5 Å². The zero-order chi connectivity index (χ0) is 49.4. The average Bonchev–Trinajstić information content (AvgIpc) is 4.20. The highest BCUT2D eigenvalue weighted by Gasteiger charge is 2.31. The summed E-state index contributed by atoms with van der Waals surface area (Å²) in [6.45, 7) is 18.7. The molecule has 6 aromatic heterocycles. The molecule has 2 aliphatic rings. The predicted molar refractivity (Wildman–Crippen MR) is 269 cm³/mol. The van der Waals surface area contributed by atoms with Crippen LogP contribution in [0.15, 0.2) is 73.6 Å². The van der Waals surface area contributed by atoms with Crippen LogP contribution in [0.5, 0.6) is 23.3 Å². The number of rotatable bonds is 12. The van der Waals surface area contributed by atoms with Crippen LogP contribution in [-0.2, 0) is 13.1 Å². The lowest BCUT2D eigenvalue weighted by Crippen LogP contribution is -2.19. The highest BCUT2D eigenvalue weighted by atomic mass is 16.5. The number of benzene rings is 2. The fourth-order valence-electron chi connectivity index (χ4n) is 9.86. The van der Waals surface area contributed by atoms with Gasteiger partial charge in [-0.25, -0.2) is 39.3 Å². The third kappa shape index (κ3) is 9.26. The van der Waals surface area contributed by atoms with Gasteiger partial charge in [0.2, 0.25) is 11.8 Å². The van der Waals surface area contributed by atoms with Gasteiger partial charge in [-0.3, -0.25) is 0 Å². The molecule has 8 aromatic rings. The fourth-order valence-corrected chi connectivity index (χ4v) is 9.86. The molecular weight excluding hydrogens is 881 g/mol. The van der Waals surface area contributed by atoms with E-state index in [1.165, 1.54) is 33.4 Å². The minimum absolute atomic E-state index is 0.184. The van der Waals surface area contributed by atoms with E-state index in [-0.39, 0.29) is 11.8 Å². The van der Waals surface area contributed by atoms with Gasteiger partial charge in [0.25, 0.3) is 0 Å². The molecule has 0 N–H and O–H groups in total. The highest BCUT2D eigenvalue weighted by Crippen LogP contribution is 2.41. The van der Waals surface area contributed by atoms with Crippen LogP contribution >= 0.6 is 0 Å². The van der Waals surface area contributed by atoms with Gasteiger partial charge in [0, 0.05) is 37.3 Å². The van der Waals surface area contributed by atoms with E-state index in [2.05, 4.69) is 75.8 Å². The first-order valence-electron chi connectivity index (χ1n) is 24.2. The van der Waals surface area contributed by atoms with E-state index in [0.717, 1.165) is 84.7 Å². The Morgan fingerprint density at radius 3 is 1.29 bits per heavy atom. The van der Waals surface area contributed by atoms with Crippen LogP contribution < -0.4 is 18.9 Å². The molecular formula is C54H64N12O4. The number of hydrogen-bond acceptors (Lipinski definition) is 12. The second kappa shape index (κ2) is 19.9. The highest BCUT2D eigenvalue weighted by molar-refractivity contribution is 5.58. The molecule has 16 heteroatoms. The first kappa shape index (κ1) is 47.7. The van der Waals surface area contributed by atoms with Gasteiger partial charge in [-0.2, -0.15) is 0 Å². The lowest BCUT2D eigenvalue weighted by Gasteiger charge is -2.25. The number of pyridine rings is 2. The van der Waals surface area contributed by atoms with Gasteiger partial charge in [-0.05, 0) is 135 Å². The Kier molecular flexibility index (Phi) is 13.6. The number of hydrogen-bond donors (Lipinski definition) is 0. The number of fused-ring (bicyclic) bond motifs is 2. The van der Waals surface area contributed by atoms with Crippen LogP contribution in [0.3, 0.4) is 0 Å². The molecule has 0 fully saturated rings. The Bertz CT molecular complexity index is 2950. The Hall–Kier alpha value is -7.36. The van der Waals surface area contributed by atoms with Crippen LogP contribution in [0.25, 0.3) is 34.4 Å². The quantitative estimate of drug-likeness (QED) is 0.114. The number of nitrogens with zero attached hydrogens (tertiary/aromatic N) is 12. The van der Waals surface area contributed by atoms with Crippen molar-refractivity contribution < 1.29 is 18.9 Å². The Labute approximate surface area is 410 Å². The second-order valence-corrected chi connectivity index (χ2v) is 18.9. The van der Waals surface area contributed by atoms with Crippen LogP contribution in [0, 0.1) is 27.7 Å². The zero-order valence-electron chi connectivity index (χ0n) is 42.5. The maximum absolute atomic E-state index is 5.67. The molecule has 2 atom stereocenters. The summed E-state index contributed by atoms with van der Waals surface area (Å²) in [4.78, 5) is 28.1. The van der Waals surface area contributed by atoms with Crippen molar-refractivity contribution in [3.8, 4) is 57.7 Å². The van der Waals surface area contributed by atoms with Gasteiger partial charge in [-0.1, -0.05) is 39.8 Å². The molecule has 0 saturated carbocycles. The van der Waals surface area contributed by atoms with Crippen molar-refractivity contribution in [2.45, 2.75) is 118 Å². The van der Waals surface area contributed by atoms with E-state index in [1.54, 1.807) is 41.1 Å². The molecule has 0 saturated heterocycles. The van der Waals surface area contributed by atoms with Crippen molar-refractivity contribution in [2.75, 3.05) is 28.4 Å². The Morgan fingerprint density at radius 1 is 0.529 bits per heavy atom. The fraction of sp³-hybridized carbons (Fsp3) is 0.407. The Balaban J connectivity index is 0.000000174. The van der Waals surface area contributed by atoms with E-state index in [1.807, 2.05) is 69.0 Å². The molecule has 10 rings (SSSR count). The van der Waals surface area contributed by atoms with E-state index in [4.69, 9.17) is 49.1 Å². The molecule has 0 bridgehead atoms. The topological polar surface area (TPSA) is 160 Å². The van der Waals surface area contributed by atoms with Crippen molar-refractivity contribution in [2.24, 2.45) is 0 Å². The largest absolute Gasteiger partial charge is 0.496 e. The number of aromatic nitrogens is 12. The number of imidazole rings is 2. The third-order valence-corrected chi connectivity index (χ3v) is 13.5. The summed E-state index contributed by atoms with van der Waals surface area (Å²) in [6, 6.07) is 16.8. The monoisotopic (exact) mass is 945 g/mol. The van der Waals surface area contributed by atoms with Gasteiger partial charge in [0.15, 0.2) is 11.6 Å². The molecule has 16 nitrogen and oxygen atoms in total. The summed E-state index contributed by atoms with van der Waals surface area (Å²) in [5.41, 5.74) is 12.4. The van der Waals surface area contributed by atoms with Crippen LogP contribution in [-0.4, -0.2) is 87.0 Å². The maximum Gasteiger partial charge on any atom is 0.238 e. The molecule has 8 heterocycles. The van der Waals surface area contributed by atoms with Gasteiger partial charge in [-0.15, -0.1) is 10.2 Å². The first-order chi connectivity index (χ1) is 33.8. The van der Waals surface area contributed by atoms with Gasteiger partial charge >= 0.3 is 0 Å². The molecule has 364 valence electrons. The van der Waals surface area contributed by atoms with Crippen LogP contribution in [0.2, 0.25) is 0 Å². The molecule has 0 radical (unpaired) electrons. The lowest BCUT2D eigenvalue weighted by molar-refractivity contribution is 0.396. The number of ether oxygens (including phenoxy) is 4. The molecule has 2 aromatic carbocycles. The Morgan fingerprint density at radius 2 is 0.943 bits per heavy atom. The molecule has 70 heavy (non-hydrogen) atoms. The smallest absolute Gasteiger partial charge is 0.238 e. The lowest BCUT2D eigenvalue weighted by atomic mass is 9.85. The summed E-state index contributed by atoms with van der Waals surface area (Å²) < 4.78 is 30.4. The summed E-state index contributed by atoms with van der Waals surface area (Å²) in [5.74, 6) is 7.25. The normalized spacial score (nSPS) is 15.3. The van der Waals surface area contributed by atoms with Crippen molar-refractivity contribution in [3.63, 3.8) is 0 Å². The molecule has 0 amide bonds. The maximum atomic E-state index is 5.67. The minimum atomic E-state index is 0.184. The second-order valence-electron chi connectivity index (χ2n) is 18.9. The summed E-state index contributed by atoms with van der Waals surface area (Å²) in [5, 5.41) is 9.69. The molecule has 0 unspecified atom stereocenters. The van der Waals surface area contributed by atoms with Crippen molar-refractivity contribution in [1.82, 2.24) is 58.6 Å². The van der Waals surface area contributed by atoms with E-state index in [9.17, 15) is 0 Å². The molecule has 0 spiro atoms. The SMILES string of the molecule is COc1cc(C)c([C@@H]2CCCn3nc(-c4ccc(-n5cnc(C)c5)c(OC)n4)nc32)cc1C(C)C.COc1cc(C)c([C@H]2CCCn3nc(-c4ccc(-n5cnc(C)c5)c(OC)n4)nc32)cc1C(C)C. The van der Waals surface area contributed by atoms with Crippen molar-refractivity contribution in [3.05, 3.63) is 130 Å². The van der Waals surface area contributed by atoms with Gasteiger partial charge < -0.3 is 28.1 Å². The van der Waals surface area contributed by atoms with Crippen molar-refractivity contribution in [1.29, 1.82) is 0 Å². The van der Waals surface area contributed by atoms with Crippen LogP contribution in [0.4, 0.5) is 0 Å². The summed E-state index contributed by atoms with van der Waals surface area (Å²) in [7, 11) is 6.73. The summed E-state index contributed by atoms with van der Waals surface area (Å²) in [6.07, 6.45) is 11.6.